The smallest absolute Gasteiger partial charge is 0.261 e. The summed E-state index contributed by atoms with van der Waals surface area (Å²) in [6.45, 7) is 5.64. The molecule has 7 nitrogen and oxygen atoms in total. The number of nitrogens with one attached hydrogen (secondary N) is 2. The summed E-state index contributed by atoms with van der Waals surface area (Å²) < 4.78 is 0.732. The standard InChI is InChI=1S/C23H24BrN3O4/c1-13(2)21(29)25-16-8-6-14(3)19(12-16)26-20(28)5-4-10-27-22(30)17-9-7-15(24)11-18(17)23(27)31/h6-9,11-13H,4-5,10H2,1-3H3,(H,25,29)(H,26,28). The highest BCUT2D eigenvalue weighted by Gasteiger charge is 2.35. The van der Waals surface area contributed by atoms with Gasteiger partial charge in [-0.25, -0.2) is 0 Å². The Morgan fingerprint density at radius 3 is 2.42 bits per heavy atom. The molecule has 0 saturated carbocycles. The first kappa shape index (κ1) is 22.7. The lowest BCUT2D eigenvalue weighted by molar-refractivity contribution is -0.119. The molecule has 0 aliphatic carbocycles. The summed E-state index contributed by atoms with van der Waals surface area (Å²) in [4.78, 5) is 50.4. The molecular weight excluding hydrogens is 462 g/mol. The zero-order valence-corrected chi connectivity index (χ0v) is 19.2. The molecule has 1 heterocycles. The molecule has 2 aromatic carbocycles. The molecule has 0 spiro atoms. The Morgan fingerprint density at radius 2 is 1.71 bits per heavy atom. The van der Waals surface area contributed by atoms with Crippen LogP contribution in [0, 0.1) is 12.8 Å². The van der Waals surface area contributed by atoms with Crippen molar-refractivity contribution >= 4 is 50.9 Å². The minimum atomic E-state index is -0.342. The zero-order valence-electron chi connectivity index (χ0n) is 17.6. The van der Waals surface area contributed by atoms with Crippen LogP contribution in [0.15, 0.2) is 40.9 Å². The molecule has 162 valence electrons. The van der Waals surface area contributed by atoms with Gasteiger partial charge in [0.1, 0.15) is 0 Å². The third kappa shape index (κ3) is 5.19. The normalized spacial score (nSPS) is 12.9. The number of halogens is 1. The first-order chi connectivity index (χ1) is 14.7. The molecule has 0 bridgehead atoms. The summed E-state index contributed by atoms with van der Waals surface area (Å²) in [5.41, 5.74) is 2.84. The van der Waals surface area contributed by atoms with Crippen molar-refractivity contribution in [2.24, 2.45) is 5.92 Å². The number of carbonyl (C=O) groups is 4. The highest BCUT2D eigenvalue weighted by Crippen LogP contribution is 2.26. The van der Waals surface area contributed by atoms with E-state index in [2.05, 4.69) is 26.6 Å². The van der Waals surface area contributed by atoms with E-state index in [1.165, 1.54) is 4.90 Å². The van der Waals surface area contributed by atoms with Crippen molar-refractivity contribution in [1.82, 2.24) is 4.90 Å². The fourth-order valence-electron chi connectivity index (χ4n) is 3.20. The van der Waals surface area contributed by atoms with E-state index in [0.29, 0.717) is 28.9 Å². The number of aryl methyl sites for hydroxylation is 1. The summed E-state index contributed by atoms with van der Waals surface area (Å²) in [5, 5.41) is 5.65. The largest absolute Gasteiger partial charge is 0.326 e. The van der Waals surface area contributed by atoms with E-state index in [-0.39, 0.29) is 42.5 Å². The topological polar surface area (TPSA) is 95.6 Å². The Morgan fingerprint density at radius 1 is 1.00 bits per heavy atom. The Kier molecular flexibility index (Phi) is 6.90. The minimum absolute atomic E-state index is 0.103. The van der Waals surface area contributed by atoms with E-state index < -0.39 is 0 Å². The maximum Gasteiger partial charge on any atom is 0.261 e. The molecule has 0 saturated heterocycles. The van der Waals surface area contributed by atoms with Gasteiger partial charge in [0.2, 0.25) is 11.8 Å². The van der Waals surface area contributed by atoms with Crippen LogP contribution in [0.25, 0.3) is 0 Å². The van der Waals surface area contributed by atoms with Crippen molar-refractivity contribution in [3.8, 4) is 0 Å². The van der Waals surface area contributed by atoms with Gasteiger partial charge in [0.15, 0.2) is 0 Å². The monoisotopic (exact) mass is 485 g/mol. The fourth-order valence-corrected chi connectivity index (χ4v) is 3.56. The second-order valence-corrected chi connectivity index (χ2v) is 8.69. The Bertz CT molecular complexity index is 1060. The van der Waals surface area contributed by atoms with E-state index in [1.807, 2.05) is 13.0 Å². The van der Waals surface area contributed by atoms with Gasteiger partial charge in [0, 0.05) is 34.7 Å². The van der Waals surface area contributed by atoms with E-state index >= 15 is 0 Å². The number of hydrogen-bond donors (Lipinski definition) is 2. The summed E-state index contributed by atoms with van der Waals surface area (Å²) >= 11 is 3.31. The molecule has 1 aliphatic heterocycles. The van der Waals surface area contributed by atoms with E-state index in [0.717, 1.165) is 10.0 Å². The van der Waals surface area contributed by atoms with Gasteiger partial charge in [-0.05, 0) is 49.2 Å². The Hall–Kier alpha value is -3.00. The zero-order chi connectivity index (χ0) is 22.7. The third-order valence-corrected chi connectivity index (χ3v) is 5.52. The van der Waals surface area contributed by atoms with Crippen molar-refractivity contribution in [1.29, 1.82) is 0 Å². The minimum Gasteiger partial charge on any atom is -0.326 e. The molecule has 0 atom stereocenters. The highest BCUT2D eigenvalue weighted by molar-refractivity contribution is 9.10. The predicted octanol–water partition coefficient (Wildman–Crippen LogP) is 4.37. The molecule has 8 heteroatoms. The van der Waals surface area contributed by atoms with Crippen LogP contribution in [0.1, 0.15) is 53.0 Å². The molecule has 0 aromatic heterocycles. The lowest BCUT2D eigenvalue weighted by atomic mass is 10.1. The van der Waals surface area contributed by atoms with Gasteiger partial charge in [-0.1, -0.05) is 35.8 Å². The fraction of sp³-hybridized carbons (Fsp3) is 0.304. The third-order valence-electron chi connectivity index (χ3n) is 5.02. The van der Waals surface area contributed by atoms with Gasteiger partial charge in [-0.15, -0.1) is 0 Å². The predicted molar refractivity (Wildman–Crippen MR) is 122 cm³/mol. The van der Waals surface area contributed by atoms with Gasteiger partial charge in [-0.3, -0.25) is 24.1 Å². The summed E-state index contributed by atoms with van der Waals surface area (Å²) in [6, 6.07) is 10.3. The van der Waals surface area contributed by atoms with E-state index in [9.17, 15) is 19.2 Å². The van der Waals surface area contributed by atoms with Crippen molar-refractivity contribution in [2.45, 2.75) is 33.6 Å². The maximum absolute atomic E-state index is 12.5. The number of hydrogen-bond acceptors (Lipinski definition) is 4. The van der Waals surface area contributed by atoms with Gasteiger partial charge in [0.05, 0.1) is 11.1 Å². The van der Waals surface area contributed by atoms with Crippen LogP contribution in [0.2, 0.25) is 0 Å². The number of rotatable bonds is 7. The van der Waals surface area contributed by atoms with Crippen LogP contribution < -0.4 is 10.6 Å². The van der Waals surface area contributed by atoms with Crippen LogP contribution in [0.4, 0.5) is 11.4 Å². The first-order valence-electron chi connectivity index (χ1n) is 10.0. The lowest BCUT2D eigenvalue weighted by Gasteiger charge is -2.14. The number of carbonyl (C=O) groups excluding carboxylic acids is 4. The number of anilines is 2. The second-order valence-electron chi connectivity index (χ2n) is 7.78. The molecule has 4 amide bonds. The average molecular weight is 486 g/mol. The molecule has 0 fully saturated rings. The van der Waals surface area contributed by atoms with Crippen LogP contribution in [0.5, 0.6) is 0 Å². The van der Waals surface area contributed by atoms with Gasteiger partial charge in [-0.2, -0.15) is 0 Å². The quantitative estimate of drug-likeness (QED) is 0.569. The summed E-state index contributed by atoms with van der Waals surface area (Å²) in [6.07, 6.45) is 0.500. The number of benzene rings is 2. The SMILES string of the molecule is Cc1ccc(NC(=O)C(C)C)cc1NC(=O)CCCN1C(=O)c2ccc(Br)cc2C1=O. The molecule has 0 unspecified atom stereocenters. The number of nitrogens with zero attached hydrogens (tertiary/aromatic N) is 1. The van der Waals surface area contributed by atoms with Gasteiger partial charge in [0.25, 0.3) is 11.8 Å². The van der Waals surface area contributed by atoms with Crippen LogP contribution in [0.3, 0.4) is 0 Å². The van der Waals surface area contributed by atoms with Gasteiger partial charge >= 0.3 is 0 Å². The van der Waals surface area contributed by atoms with Crippen molar-refractivity contribution < 1.29 is 19.2 Å². The molecular formula is C23H24BrN3O4. The van der Waals surface area contributed by atoms with Gasteiger partial charge < -0.3 is 10.6 Å². The lowest BCUT2D eigenvalue weighted by Crippen LogP contribution is -2.31. The van der Waals surface area contributed by atoms with Crippen molar-refractivity contribution in [3.05, 3.63) is 57.6 Å². The molecule has 3 rings (SSSR count). The molecule has 2 N–H and O–H groups in total. The Labute approximate surface area is 189 Å². The molecule has 31 heavy (non-hydrogen) atoms. The highest BCUT2D eigenvalue weighted by atomic mass is 79.9. The van der Waals surface area contributed by atoms with E-state index in [1.54, 1.807) is 44.2 Å². The van der Waals surface area contributed by atoms with Crippen LogP contribution >= 0.6 is 15.9 Å². The van der Waals surface area contributed by atoms with Crippen LogP contribution in [-0.4, -0.2) is 35.1 Å². The first-order valence-corrected chi connectivity index (χ1v) is 10.8. The second kappa shape index (κ2) is 9.43. The van der Waals surface area contributed by atoms with Crippen molar-refractivity contribution in [3.63, 3.8) is 0 Å². The molecule has 2 aromatic rings. The van der Waals surface area contributed by atoms with Crippen LogP contribution in [-0.2, 0) is 9.59 Å². The molecule has 1 aliphatic rings. The van der Waals surface area contributed by atoms with Crippen molar-refractivity contribution in [2.75, 3.05) is 17.2 Å². The number of fused-ring (bicyclic) bond motifs is 1. The summed E-state index contributed by atoms with van der Waals surface area (Å²) in [7, 11) is 0. The number of imide groups is 1. The average Bonchev–Trinajstić information content (AvgIpc) is 2.94. The molecule has 0 radical (unpaired) electrons. The Balaban J connectivity index is 1.56. The number of amides is 4. The summed E-state index contributed by atoms with van der Waals surface area (Å²) in [5.74, 6) is -1.16. The van der Waals surface area contributed by atoms with E-state index in [4.69, 9.17) is 0 Å². The maximum atomic E-state index is 12.5.